The van der Waals surface area contributed by atoms with Gasteiger partial charge in [0, 0.05) is 11.5 Å². The number of halogens is 3. The van der Waals surface area contributed by atoms with Crippen molar-refractivity contribution in [3.8, 4) is 0 Å². The fraction of sp³-hybridized carbons (Fsp3) is 0.538. The van der Waals surface area contributed by atoms with Gasteiger partial charge in [-0.15, -0.1) is 0 Å². The van der Waals surface area contributed by atoms with Crippen molar-refractivity contribution in [3.05, 3.63) is 35.4 Å². The minimum absolute atomic E-state index is 0.115. The van der Waals surface area contributed by atoms with Crippen LogP contribution in [0.1, 0.15) is 36.3 Å². The van der Waals surface area contributed by atoms with E-state index in [4.69, 9.17) is 0 Å². The van der Waals surface area contributed by atoms with E-state index in [-0.39, 0.29) is 11.5 Å². The standard InChI is InChI=1S/C13H14F3N/c14-13(15,16)10-3-1-2-9(8-10)11-4-7-17-12(11)5-6-12/h1-3,8,11,17H,4-7H2. The van der Waals surface area contributed by atoms with E-state index < -0.39 is 11.7 Å². The van der Waals surface area contributed by atoms with E-state index >= 15 is 0 Å². The van der Waals surface area contributed by atoms with Gasteiger partial charge in [-0.3, -0.25) is 0 Å². The van der Waals surface area contributed by atoms with Crippen molar-refractivity contribution in [1.82, 2.24) is 5.32 Å². The number of benzene rings is 1. The monoisotopic (exact) mass is 241 g/mol. The van der Waals surface area contributed by atoms with Crippen molar-refractivity contribution < 1.29 is 13.2 Å². The van der Waals surface area contributed by atoms with E-state index in [2.05, 4.69) is 5.32 Å². The van der Waals surface area contributed by atoms with Gasteiger partial charge in [-0.1, -0.05) is 18.2 Å². The second-order valence-corrected chi connectivity index (χ2v) is 5.05. The predicted molar refractivity (Wildman–Crippen MR) is 58.8 cm³/mol. The summed E-state index contributed by atoms with van der Waals surface area (Å²) in [6.07, 6.45) is -1.11. The third-order valence-corrected chi connectivity index (χ3v) is 3.98. The first kappa shape index (κ1) is 11.1. The lowest BCUT2D eigenvalue weighted by Gasteiger charge is -2.19. The average Bonchev–Trinajstić information content (AvgIpc) is 2.90. The van der Waals surface area contributed by atoms with Gasteiger partial charge in [-0.2, -0.15) is 13.2 Å². The molecule has 0 amide bonds. The molecule has 0 radical (unpaired) electrons. The summed E-state index contributed by atoms with van der Waals surface area (Å²) >= 11 is 0. The normalized spacial score (nSPS) is 26.4. The SMILES string of the molecule is FC(F)(F)c1cccc(C2CCNC23CC3)c1. The second kappa shape index (κ2) is 3.48. The van der Waals surface area contributed by atoms with Crippen LogP contribution in [0.15, 0.2) is 24.3 Å². The lowest BCUT2D eigenvalue weighted by atomic mass is 9.89. The third-order valence-electron chi connectivity index (χ3n) is 3.98. The summed E-state index contributed by atoms with van der Waals surface area (Å²) in [6, 6.07) is 5.81. The van der Waals surface area contributed by atoms with Gasteiger partial charge in [-0.05, 0) is 37.4 Å². The smallest absolute Gasteiger partial charge is 0.311 e. The second-order valence-electron chi connectivity index (χ2n) is 5.05. The Balaban J connectivity index is 1.93. The van der Waals surface area contributed by atoms with Crippen LogP contribution in [0.3, 0.4) is 0 Å². The highest BCUT2D eigenvalue weighted by atomic mass is 19.4. The van der Waals surface area contributed by atoms with Crippen molar-refractivity contribution in [2.75, 3.05) is 6.54 Å². The maximum Gasteiger partial charge on any atom is 0.416 e. The first-order valence-corrected chi connectivity index (χ1v) is 5.93. The van der Waals surface area contributed by atoms with Crippen LogP contribution >= 0.6 is 0 Å². The molecule has 3 rings (SSSR count). The Morgan fingerprint density at radius 1 is 1.24 bits per heavy atom. The van der Waals surface area contributed by atoms with E-state index in [0.29, 0.717) is 0 Å². The molecule has 2 fully saturated rings. The third kappa shape index (κ3) is 1.84. The zero-order valence-electron chi connectivity index (χ0n) is 9.35. The highest BCUT2D eigenvalue weighted by Crippen LogP contribution is 2.52. The molecule has 0 bridgehead atoms. The molecule has 2 aliphatic rings. The van der Waals surface area contributed by atoms with Crippen LogP contribution in [0.25, 0.3) is 0 Å². The Morgan fingerprint density at radius 2 is 2.00 bits per heavy atom. The number of hydrogen-bond donors (Lipinski definition) is 1. The molecule has 1 saturated heterocycles. The summed E-state index contributed by atoms with van der Waals surface area (Å²) in [5.74, 6) is 0.254. The zero-order chi connectivity index (χ0) is 12.1. The van der Waals surface area contributed by atoms with Gasteiger partial charge in [0.1, 0.15) is 0 Å². The fourth-order valence-electron chi connectivity index (χ4n) is 2.94. The molecule has 1 aromatic carbocycles. The summed E-state index contributed by atoms with van der Waals surface area (Å²) in [5.41, 5.74) is 0.421. The maximum absolute atomic E-state index is 12.6. The molecule has 1 N–H and O–H groups in total. The van der Waals surface area contributed by atoms with E-state index in [1.54, 1.807) is 0 Å². The highest BCUT2D eigenvalue weighted by Gasteiger charge is 2.52. The summed E-state index contributed by atoms with van der Waals surface area (Å²) < 4.78 is 37.9. The van der Waals surface area contributed by atoms with Gasteiger partial charge in [0.05, 0.1) is 5.56 Å². The van der Waals surface area contributed by atoms with Crippen molar-refractivity contribution >= 4 is 0 Å². The Morgan fingerprint density at radius 3 is 2.65 bits per heavy atom. The first-order valence-electron chi connectivity index (χ1n) is 5.93. The van der Waals surface area contributed by atoms with Crippen LogP contribution in [-0.4, -0.2) is 12.1 Å². The Labute approximate surface area is 98.0 Å². The van der Waals surface area contributed by atoms with Crippen molar-refractivity contribution in [3.63, 3.8) is 0 Å². The van der Waals surface area contributed by atoms with Gasteiger partial charge in [0.25, 0.3) is 0 Å². The van der Waals surface area contributed by atoms with E-state index in [1.807, 2.05) is 6.07 Å². The van der Waals surface area contributed by atoms with Crippen LogP contribution < -0.4 is 5.32 Å². The van der Waals surface area contributed by atoms with Gasteiger partial charge < -0.3 is 5.32 Å². The number of nitrogens with one attached hydrogen (secondary N) is 1. The molecule has 1 spiro atoms. The molecule has 1 saturated carbocycles. The molecule has 1 aliphatic carbocycles. The summed E-state index contributed by atoms with van der Waals surface area (Å²) in [5, 5.41) is 3.43. The molecule has 1 heterocycles. The van der Waals surface area contributed by atoms with E-state index in [0.717, 1.165) is 37.4 Å². The molecule has 4 heteroatoms. The summed E-state index contributed by atoms with van der Waals surface area (Å²) in [4.78, 5) is 0. The van der Waals surface area contributed by atoms with Gasteiger partial charge in [0.2, 0.25) is 0 Å². The average molecular weight is 241 g/mol. The first-order chi connectivity index (χ1) is 8.01. The molecule has 92 valence electrons. The molecule has 1 unspecified atom stereocenters. The van der Waals surface area contributed by atoms with Crippen molar-refractivity contribution in [2.45, 2.75) is 36.9 Å². The largest absolute Gasteiger partial charge is 0.416 e. The van der Waals surface area contributed by atoms with E-state index in [9.17, 15) is 13.2 Å². The van der Waals surface area contributed by atoms with Gasteiger partial charge in [0.15, 0.2) is 0 Å². The number of alkyl halides is 3. The summed E-state index contributed by atoms with van der Waals surface area (Å²) in [6.45, 7) is 0.918. The van der Waals surface area contributed by atoms with Crippen molar-refractivity contribution in [2.24, 2.45) is 0 Å². The molecular formula is C13H14F3N. The minimum Gasteiger partial charge on any atom is -0.311 e. The van der Waals surface area contributed by atoms with Crippen LogP contribution in [0.2, 0.25) is 0 Å². The molecule has 1 nitrogen and oxygen atoms in total. The lowest BCUT2D eigenvalue weighted by Crippen LogP contribution is -2.27. The summed E-state index contributed by atoms with van der Waals surface area (Å²) in [7, 11) is 0. The van der Waals surface area contributed by atoms with Gasteiger partial charge >= 0.3 is 6.18 Å². The predicted octanol–water partition coefficient (Wildman–Crippen LogP) is 3.31. The topological polar surface area (TPSA) is 12.0 Å². The molecule has 17 heavy (non-hydrogen) atoms. The molecule has 1 atom stereocenters. The van der Waals surface area contributed by atoms with Crippen molar-refractivity contribution in [1.29, 1.82) is 0 Å². The quantitative estimate of drug-likeness (QED) is 0.795. The van der Waals surface area contributed by atoms with E-state index in [1.165, 1.54) is 12.1 Å². The van der Waals surface area contributed by atoms with Crippen LogP contribution in [0, 0.1) is 0 Å². The number of rotatable bonds is 1. The van der Waals surface area contributed by atoms with Crippen LogP contribution in [0.5, 0.6) is 0 Å². The van der Waals surface area contributed by atoms with Crippen LogP contribution in [-0.2, 0) is 6.18 Å². The number of hydrogen-bond acceptors (Lipinski definition) is 1. The lowest BCUT2D eigenvalue weighted by molar-refractivity contribution is -0.137. The molecule has 1 aromatic rings. The van der Waals surface area contributed by atoms with Gasteiger partial charge in [-0.25, -0.2) is 0 Å². The Bertz CT molecular complexity index is 435. The maximum atomic E-state index is 12.6. The zero-order valence-corrected chi connectivity index (χ0v) is 9.35. The fourth-order valence-corrected chi connectivity index (χ4v) is 2.94. The molecule has 0 aromatic heterocycles. The Hall–Kier alpha value is -1.03. The Kier molecular flexibility index (Phi) is 2.27. The minimum atomic E-state index is -4.24. The van der Waals surface area contributed by atoms with Crippen LogP contribution in [0.4, 0.5) is 13.2 Å². The highest BCUT2D eigenvalue weighted by molar-refractivity contribution is 5.34. The molecular weight excluding hydrogens is 227 g/mol. The molecule has 1 aliphatic heterocycles.